The maximum Gasteiger partial charge on any atom is 0.229 e. The quantitative estimate of drug-likeness (QED) is 0.826. The van der Waals surface area contributed by atoms with Crippen molar-refractivity contribution in [1.82, 2.24) is 15.5 Å². The van der Waals surface area contributed by atoms with Crippen LogP contribution in [-0.2, 0) is 0 Å². The van der Waals surface area contributed by atoms with Crippen molar-refractivity contribution in [3.8, 4) is 0 Å². The first-order valence-electron chi connectivity index (χ1n) is 6.47. The molecule has 0 radical (unpaired) electrons. The van der Waals surface area contributed by atoms with E-state index in [9.17, 15) is 0 Å². The van der Waals surface area contributed by atoms with E-state index >= 15 is 0 Å². The van der Waals surface area contributed by atoms with Crippen LogP contribution < -0.4 is 5.32 Å². The summed E-state index contributed by atoms with van der Waals surface area (Å²) in [5.74, 6) is 4.30. The second-order valence-corrected chi connectivity index (χ2v) is 5.56. The number of hydrogen-bond acceptors (Lipinski definition) is 4. The average molecular weight is 219 g/mol. The first-order chi connectivity index (χ1) is 7.90. The minimum atomic E-state index is 0.341. The Morgan fingerprint density at radius 2 is 2.06 bits per heavy atom. The highest BCUT2D eigenvalue weighted by atomic mass is 16.5. The third kappa shape index (κ3) is 1.39. The summed E-state index contributed by atoms with van der Waals surface area (Å²) in [5.41, 5.74) is 0. The van der Waals surface area contributed by atoms with E-state index in [0.717, 1.165) is 36.5 Å². The van der Waals surface area contributed by atoms with E-state index in [1.54, 1.807) is 0 Å². The Labute approximate surface area is 94.8 Å². The van der Waals surface area contributed by atoms with Crippen molar-refractivity contribution in [2.24, 2.45) is 11.8 Å². The molecule has 86 valence electrons. The van der Waals surface area contributed by atoms with Gasteiger partial charge in [0, 0.05) is 5.92 Å². The van der Waals surface area contributed by atoms with Gasteiger partial charge in [0.1, 0.15) is 0 Å². The zero-order valence-electron chi connectivity index (χ0n) is 9.35. The Morgan fingerprint density at radius 1 is 1.19 bits per heavy atom. The molecular weight excluding hydrogens is 202 g/mol. The van der Waals surface area contributed by atoms with Crippen LogP contribution in [0.1, 0.15) is 55.8 Å². The smallest absolute Gasteiger partial charge is 0.229 e. The standard InChI is InChI=1S/C12H17N3O/c1-2-10(13-3-1)11-14-12(16-15-11)9-5-7-4-8(7)6-9/h7-10,13H,1-6H2. The average Bonchev–Trinajstić information content (AvgIpc) is 2.86. The Balaban J connectivity index is 1.51. The lowest BCUT2D eigenvalue weighted by Gasteiger charge is -2.05. The minimum absolute atomic E-state index is 0.341. The number of rotatable bonds is 2. The van der Waals surface area contributed by atoms with Crippen molar-refractivity contribution in [2.75, 3.05) is 6.54 Å². The van der Waals surface area contributed by atoms with Gasteiger partial charge in [-0.25, -0.2) is 0 Å². The molecule has 3 fully saturated rings. The number of fused-ring (bicyclic) bond motifs is 1. The summed E-state index contributed by atoms with van der Waals surface area (Å²) in [6, 6.07) is 0.341. The summed E-state index contributed by atoms with van der Waals surface area (Å²) in [7, 11) is 0. The summed E-state index contributed by atoms with van der Waals surface area (Å²) in [4.78, 5) is 4.59. The molecule has 1 aromatic heterocycles. The number of aromatic nitrogens is 2. The maximum atomic E-state index is 5.43. The van der Waals surface area contributed by atoms with Crippen LogP contribution in [0, 0.1) is 11.8 Å². The Bertz CT molecular complexity index is 387. The van der Waals surface area contributed by atoms with Crippen molar-refractivity contribution < 1.29 is 4.52 Å². The summed E-state index contributed by atoms with van der Waals surface area (Å²) >= 11 is 0. The fourth-order valence-corrected chi connectivity index (χ4v) is 3.38. The van der Waals surface area contributed by atoms with Crippen molar-refractivity contribution in [3.05, 3.63) is 11.7 Å². The van der Waals surface area contributed by atoms with Gasteiger partial charge in [0.15, 0.2) is 5.82 Å². The van der Waals surface area contributed by atoms with E-state index in [4.69, 9.17) is 4.52 Å². The summed E-state index contributed by atoms with van der Waals surface area (Å²) < 4.78 is 5.43. The SMILES string of the molecule is C1CNC(c2noc(C3CC4CC4C3)n2)C1. The maximum absolute atomic E-state index is 5.43. The molecule has 1 aliphatic heterocycles. The van der Waals surface area contributed by atoms with E-state index in [1.807, 2.05) is 0 Å². The predicted octanol–water partition coefficient (Wildman–Crippen LogP) is 2.01. The highest BCUT2D eigenvalue weighted by molar-refractivity contribution is 5.08. The molecule has 3 atom stereocenters. The molecule has 16 heavy (non-hydrogen) atoms. The van der Waals surface area contributed by atoms with Crippen molar-refractivity contribution in [2.45, 2.75) is 44.1 Å². The van der Waals surface area contributed by atoms with Gasteiger partial charge < -0.3 is 9.84 Å². The van der Waals surface area contributed by atoms with Gasteiger partial charge in [-0.15, -0.1) is 0 Å². The van der Waals surface area contributed by atoms with Crippen LogP contribution in [0.2, 0.25) is 0 Å². The van der Waals surface area contributed by atoms with E-state index in [1.165, 1.54) is 25.7 Å². The van der Waals surface area contributed by atoms with Crippen LogP contribution >= 0.6 is 0 Å². The molecule has 3 unspecified atom stereocenters. The van der Waals surface area contributed by atoms with Gasteiger partial charge in [0.05, 0.1) is 6.04 Å². The molecular formula is C12H17N3O. The molecule has 4 nitrogen and oxygen atoms in total. The van der Waals surface area contributed by atoms with Crippen LogP contribution in [0.4, 0.5) is 0 Å². The highest BCUT2D eigenvalue weighted by Crippen LogP contribution is 2.57. The van der Waals surface area contributed by atoms with Gasteiger partial charge in [-0.05, 0) is 50.5 Å². The molecule has 2 saturated carbocycles. The van der Waals surface area contributed by atoms with E-state index in [-0.39, 0.29) is 0 Å². The molecule has 3 aliphatic rings. The second-order valence-electron chi connectivity index (χ2n) is 5.56. The fraction of sp³-hybridized carbons (Fsp3) is 0.833. The second kappa shape index (κ2) is 3.29. The van der Waals surface area contributed by atoms with Crippen LogP contribution in [-0.4, -0.2) is 16.7 Å². The lowest BCUT2D eigenvalue weighted by Crippen LogP contribution is -2.14. The van der Waals surface area contributed by atoms with Gasteiger partial charge in [-0.1, -0.05) is 5.16 Å². The molecule has 0 aromatic carbocycles. The molecule has 0 spiro atoms. The zero-order valence-corrected chi connectivity index (χ0v) is 9.35. The van der Waals surface area contributed by atoms with E-state index in [0.29, 0.717) is 12.0 Å². The van der Waals surface area contributed by atoms with Gasteiger partial charge >= 0.3 is 0 Å². The summed E-state index contributed by atoms with van der Waals surface area (Å²) in [6.07, 6.45) is 6.38. The third-order valence-electron chi connectivity index (χ3n) is 4.42. The fourth-order valence-electron chi connectivity index (χ4n) is 3.38. The van der Waals surface area contributed by atoms with Crippen molar-refractivity contribution in [3.63, 3.8) is 0 Å². The van der Waals surface area contributed by atoms with Gasteiger partial charge in [-0.2, -0.15) is 4.98 Å². The van der Waals surface area contributed by atoms with Crippen molar-refractivity contribution in [1.29, 1.82) is 0 Å². The lowest BCUT2D eigenvalue weighted by molar-refractivity contribution is 0.339. The monoisotopic (exact) mass is 219 g/mol. The van der Waals surface area contributed by atoms with Gasteiger partial charge in [0.2, 0.25) is 5.89 Å². The molecule has 2 aliphatic carbocycles. The summed E-state index contributed by atoms with van der Waals surface area (Å²) in [6.45, 7) is 1.09. The van der Waals surface area contributed by atoms with Crippen LogP contribution in [0.3, 0.4) is 0 Å². The van der Waals surface area contributed by atoms with Crippen LogP contribution in [0.25, 0.3) is 0 Å². The summed E-state index contributed by atoms with van der Waals surface area (Å²) in [5, 5.41) is 7.54. The van der Waals surface area contributed by atoms with E-state index < -0.39 is 0 Å². The molecule has 1 N–H and O–H groups in total. The molecule has 2 heterocycles. The molecule has 1 aromatic rings. The highest BCUT2D eigenvalue weighted by Gasteiger charge is 2.48. The van der Waals surface area contributed by atoms with Gasteiger partial charge in [-0.3, -0.25) is 0 Å². The molecule has 0 bridgehead atoms. The topological polar surface area (TPSA) is 51.0 Å². The number of nitrogens with zero attached hydrogens (tertiary/aromatic N) is 2. The molecule has 4 heteroatoms. The largest absolute Gasteiger partial charge is 0.339 e. The number of nitrogens with one attached hydrogen (secondary N) is 1. The van der Waals surface area contributed by atoms with Crippen LogP contribution in [0.5, 0.6) is 0 Å². The Kier molecular flexibility index (Phi) is 1.89. The lowest BCUT2D eigenvalue weighted by atomic mass is 10.0. The Morgan fingerprint density at radius 3 is 2.81 bits per heavy atom. The van der Waals surface area contributed by atoms with Crippen molar-refractivity contribution >= 4 is 0 Å². The van der Waals surface area contributed by atoms with Crippen LogP contribution in [0.15, 0.2) is 4.52 Å². The van der Waals surface area contributed by atoms with Gasteiger partial charge in [0.25, 0.3) is 0 Å². The molecule has 0 amide bonds. The zero-order chi connectivity index (χ0) is 10.5. The normalized spacial score (nSPS) is 41.2. The predicted molar refractivity (Wildman–Crippen MR) is 57.8 cm³/mol. The molecule has 4 rings (SSSR count). The number of hydrogen-bond donors (Lipinski definition) is 1. The first-order valence-corrected chi connectivity index (χ1v) is 6.47. The Hall–Kier alpha value is -0.900. The molecule has 1 saturated heterocycles. The van der Waals surface area contributed by atoms with E-state index in [2.05, 4.69) is 15.5 Å². The first kappa shape index (κ1) is 9.16. The minimum Gasteiger partial charge on any atom is -0.339 e. The third-order valence-corrected chi connectivity index (χ3v) is 4.42.